The summed E-state index contributed by atoms with van der Waals surface area (Å²) in [7, 11) is 0. The molecule has 1 heterocycles. The molecule has 0 amide bonds. The summed E-state index contributed by atoms with van der Waals surface area (Å²) in [5.74, 6) is 0.871. The molecule has 0 bridgehead atoms. The van der Waals surface area contributed by atoms with Gasteiger partial charge in [0, 0.05) is 10.4 Å². The zero-order chi connectivity index (χ0) is 13.7. The van der Waals surface area contributed by atoms with Crippen molar-refractivity contribution < 1.29 is 4.74 Å². The first kappa shape index (κ1) is 13.6. The zero-order valence-electron chi connectivity index (χ0n) is 11.1. The zero-order valence-corrected chi connectivity index (χ0v) is 12.0. The predicted molar refractivity (Wildman–Crippen MR) is 77.4 cm³/mol. The van der Waals surface area contributed by atoms with Crippen LogP contribution in [0.25, 0.3) is 10.6 Å². The Bertz CT molecular complexity index is 581. The molecule has 2 aromatic rings. The van der Waals surface area contributed by atoms with Crippen molar-refractivity contribution in [2.75, 3.05) is 6.61 Å². The SMILES string of the molecule is CCOc1ccc(-c2nc(CC)c(CC#N)s2)cc1. The highest BCUT2D eigenvalue weighted by atomic mass is 32.1. The molecule has 0 saturated heterocycles. The van der Waals surface area contributed by atoms with Gasteiger partial charge in [0.2, 0.25) is 0 Å². The van der Waals surface area contributed by atoms with Crippen LogP contribution in [0.15, 0.2) is 24.3 Å². The number of nitrogens with zero attached hydrogens (tertiary/aromatic N) is 2. The van der Waals surface area contributed by atoms with E-state index in [1.54, 1.807) is 11.3 Å². The van der Waals surface area contributed by atoms with Crippen LogP contribution in [-0.4, -0.2) is 11.6 Å². The molecular formula is C15H16N2OS. The van der Waals surface area contributed by atoms with E-state index in [4.69, 9.17) is 10.00 Å². The van der Waals surface area contributed by atoms with Gasteiger partial charge in [-0.05, 0) is 37.6 Å². The summed E-state index contributed by atoms with van der Waals surface area (Å²) in [4.78, 5) is 5.70. The van der Waals surface area contributed by atoms with Gasteiger partial charge in [0.15, 0.2) is 0 Å². The second kappa shape index (κ2) is 6.35. The molecule has 4 heteroatoms. The van der Waals surface area contributed by atoms with E-state index >= 15 is 0 Å². The van der Waals surface area contributed by atoms with E-state index in [2.05, 4.69) is 18.0 Å². The molecule has 0 saturated carbocycles. The van der Waals surface area contributed by atoms with Gasteiger partial charge in [0.25, 0.3) is 0 Å². The first-order valence-electron chi connectivity index (χ1n) is 6.37. The number of hydrogen-bond donors (Lipinski definition) is 0. The molecule has 0 aliphatic rings. The number of hydrogen-bond acceptors (Lipinski definition) is 4. The molecule has 1 aromatic heterocycles. The van der Waals surface area contributed by atoms with Gasteiger partial charge in [0.05, 0.1) is 24.8 Å². The highest BCUT2D eigenvalue weighted by molar-refractivity contribution is 7.15. The second-order valence-corrected chi connectivity index (χ2v) is 5.12. The summed E-state index contributed by atoms with van der Waals surface area (Å²) >= 11 is 1.61. The van der Waals surface area contributed by atoms with Crippen LogP contribution in [0.5, 0.6) is 5.75 Å². The average Bonchev–Trinajstić information content (AvgIpc) is 2.84. The van der Waals surface area contributed by atoms with Gasteiger partial charge in [-0.2, -0.15) is 5.26 Å². The summed E-state index contributed by atoms with van der Waals surface area (Å²) in [5.41, 5.74) is 2.11. The van der Waals surface area contributed by atoms with Gasteiger partial charge in [-0.3, -0.25) is 0 Å². The van der Waals surface area contributed by atoms with E-state index in [0.717, 1.165) is 33.3 Å². The maximum Gasteiger partial charge on any atom is 0.123 e. The van der Waals surface area contributed by atoms with Crippen molar-refractivity contribution in [2.45, 2.75) is 26.7 Å². The van der Waals surface area contributed by atoms with Gasteiger partial charge in [-0.1, -0.05) is 6.92 Å². The number of benzene rings is 1. The van der Waals surface area contributed by atoms with Crippen molar-refractivity contribution in [2.24, 2.45) is 0 Å². The molecule has 0 fully saturated rings. The Balaban J connectivity index is 2.28. The third-order valence-corrected chi connectivity index (χ3v) is 3.91. The molecule has 1 aromatic carbocycles. The highest BCUT2D eigenvalue weighted by Crippen LogP contribution is 2.30. The number of rotatable bonds is 5. The van der Waals surface area contributed by atoms with Gasteiger partial charge in [0.1, 0.15) is 10.8 Å². The van der Waals surface area contributed by atoms with Gasteiger partial charge in [-0.25, -0.2) is 4.98 Å². The summed E-state index contributed by atoms with van der Waals surface area (Å²) < 4.78 is 5.43. The quantitative estimate of drug-likeness (QED) is 0.830. The van der Waals surface area contributed by atoms with Gasteiger partial charge >= 0.3 is 0 Å². The first-order valence-corrected chi connectivity index (χ1v) is 7.18. The van der Waals surface area contributed by atoms with E-state index in [-0.39, 0.29) is 0 Å². The van der Waals surface area contributed by atoms with Gasteiger partial charge < -0.3 is 4.74 Å². The molecule has 0 aliphatic heterocycles. The molecule has 3 nitrogen and oxygen atoms in total. The van der Waals surface area contributed by atoms with Crippen molar-refractivity contribution in [3.05, 3.63) is 34.8 Å². The Kier molecular flexibility index (Phi) is 4.53. The van der Waals surface area contributed by atoms with Crippen LogP contribution >= 0.6 is 11.3 Å². The normalized spacial score (nSPS) is 10.2. The number of aromatic nitrogens is 1. The summed E-state index contributed by atoms with van der Waals surface area (Å²) in [6.07, 6.45) is 1.31. The number of ether oxygens (including phenoxy) is 1. The third kappa shape index (κ3) is 3.12. The number of nitriles is 1. The van der Waals surface area contributed by atoms with E-state index in [0.29, 0.717) is 13.0 Å². The van der Waals surface area contributed by atoms with Crippen molar-refractivity contribution in [1.82, 2.24) is 4.98 Å². The minimum Gasteiger partial charge on any atom is -0.494 e. The minimum atomic E-state index is 0.442. The van der Waals surface area contributed by atoms with Crippen LogP contribution < -0.4 is 4.74 Å². The van der Waals surface area contributed by atoms with Crippen LogP contribution in [0.3, 0.4) is 0 Å². The van der Waals surface area contributed by atoms with E-state index in [1.807, 2.05) is 31.2 Å². The fourth-order valence-electron chi connectivity index (χ4n) is 1.85. The van der Waals surface area contributed by atoms with Crippen molar-refractivity contribution in [3.63, 3.8) is 0 Å². The van der Waals surface area contributed by atoms with Crippen molar-refractivity contribution in [3.8, 4) is 22.4 Å². The lowest BCUT2D eigenvalue weighted by molar-refractivity contribution is 0.340. The molecule has 0 aliphatic carbocycles. The Hall–Kier alpha value is -1.86. The Morgan fingerprint density at radius 3 is 2.58 bits per heavy atom. The highest BCUT2D eigenvalue weighted by Gasteiger charge is 2.11. The lowest BCUT2D eigenvalue weighted by Crippen LogP contribution is -1.90. The average molecular weight is 272 g/mol. The van der Waals surface area contributed by atoms with Crippen LogP contribution in [0.2, 0.25) is 0 Å². The summed E-state index contributed by atoms with van der Waals surface area (Å²) in [5, 5.41) is 9.80. The van der Waals surface area contributed by atoms with E-state index in [1.165, 1.54) is 0 Å². The molecule has 2 rings (SSSR count). The largest absolute Gasteiger partial charge is 0.494 e. The maximum atomic E-state index is 8.83. The number of aryl methyl sites for hydroxylation is 1. The fraction of sp³-hybridized carbons (Fsp3) is 0.333. The molecule has 0 atom stereocenters. The van der Waals surface area contributed by atoms with Crippen LogP contribution in [-0.2, 0) is 12.8 Å². The standard InChI is InChI=1S/C15H16N2OS/c1-3-13-14(9-10-16)19-15(17-13)11-5-7-12(8-6-11)18-4-2/h5-8H,3-4,9H2,1-2H3. The molecule has 0 unspecified atom stereocenters. The predicted octanol–water partition coefficient (Wildman–Crippen LogP) is 3.84. The maximum absolute atomic E-state index is 8.83. The smallest absolute Gasteiger partial charge is 0.123 e. The van der Waals surface area contributed by atoms with E-state index < -0.39 is 0 Å². The Morgan fingerprint density at radius 1 is 1.26 bits per heavy atom. The summed E-state index contributed by atoms with van der Waals surface area (Å²) in [6, 6.07) is 10.1. The van der Waals surface area contributed by atoms with Crippen LogP contribution in [0, 0.1) is 11.3 Å². The second-order valence-electron chi connectivity index (χ2n) is 4.03. The molecule has 0 radical (unpaired) electrons. The Labute approximate surface area is 117 Å². The van der Waals surface area contributed by atoms with E-state index in [9.17, 15) is 0 Å². The molecule has 0 spiro atoms. The summed E-state index contributed by atoms with van der Waals surface area (Å²) in [6.45, 7) is 4.71. The first-order chi connectivity index (χ1) is 9.28. The monoisotopic (exact) mass is 272 g/mol. The molecular weight excluding hydrogens is 256 g/mol. The lowest BCUT2D eigenvalue weighted by atomic mass is 10.2. The minimum absolute atomic E-state index is 0.442. The Morgan fingerprint density at radius 2 is 2.00 bits per heavy atom. The van der Waals surface area contributed by atoms with Crippen molar-refractivity contribution in [1.29, 1.82) is 5.26 Å². The van der Waals surface area contributed by atoms with Crippen molar-refractivity contribution >= 4 is 11.3 Å². The van der Waals surface area contributed by atoms with Crippen LogP contribution in [0.4, 0.5) is 0 Å². The topological polar surface area (TPSA) is 45.9 Å². The molecule has 0 N–H and O–H groups in total. The number of thiazole rings is 1. The van der Waals surface area contributed by atoms with Gasteiger partial charge in [-0.15, -0.1) is 11.3 Å². The molecule has 19 heavy (non-hydrogen) atoms. The lowest BCUT2D eigenvalue weighted by Gasteiger charge is -2.02. The fourth-order valence-corrected chi connectivity index (χ4v) is 2.94. The van der Waals surface area contributed by atoms with Crippen LogP contribution in [0.1, 0.15) is 24.4 Å². The third-order valence-electron chi connectivity index (χ3n) is 2.77. The molecule has 98 valence electrons.